The minimum atomic E-state index is -0.171. The number of hydrogen-bond acceptors (Lipinski definition) is 3. The first-order valence-corrected chi connectivity index (χ1v) is 9.70. The molecule has 0 aliphatic carbocycles. The van der Waals surface area contributed by atoms with Gasteiger partial charge in [0.25, 0.3) is 5.91 Å². The summed E-state index contributed by atoms with van der Waals surface area (Å²) in [7, 11) is 0. The van der Waals surface area contributed by atoms with Crippen molar-refractivity contribution in [1.82, 2.24) is 5.32 Å². The van der Waals surface area contributed by atoms with E-state index >= 15 is 0 Å². The summed E-state index contributed by atoms with van der Waals surface area (Å²) >= 11 is 6.83. The molecule has 1 N–H and O–H groups in total. The Kier molecular flexibility index (Phi) is 6.16. The quantitative estimate of drug-likeness (QED) is 0.487. The highest BCUT2D eigenvalue weighted by Crippen LogP contribution is 2.26. The molecule has 3 aromatic rings. The average molecular weight is 479 g/mol. The summed E-state index contributed by atoms with van der Waals surface area (Å²) in [5.74, 6) is 2.01. The predicted molar refractivity (Wildman–Crippen MR) is 108 cm³/mol. The van der Waals surface area contributed by atoms with Gasteiger partial charge in [0, 0.05) is 15.6 Å². The van der Waals surface area contributed by atoms with Crippen LogP contribution in [0.3, 0.4) is 0 Å². The maximum atomic E-state index is 12.3. The lowest BCUT2D eigenvalue weighted by Gasteiger charge is -2.08. The lowest BCUT2D eigenvalue weighted by molar-refractivity contribution is 0.0948. The van der Waals surface area contributed by atoms with Crippen LogP contribution >= 0.6 is 31.9 Å². The van der Waals surface area contributed by atoms with E-state index in [1.165, 1.54) is 0 Å². The van der Waals surface area contributed by atoms with Crippen LogP contribution in [0.2, 0.25) is 0 Å². The molecule has 2 aromatic carbocycles. The third-order valence-electron chi connectivity index (χ3n) is 3.71. The zero-order valence-corrected chi connectivity index (χ0v) is 17.3. The molecule has 1 amide bonds. The van der Waals surface area contributed by atoms with E-state index in [0.717, 1.165) is 20.3 Å². The molecule has 26 heavy (non-hydrogen) atoms. The molecule has 0 saturated carbocycles. The van der Waals surface area contributed by atoms with E-state index in [-0.39, 0.29) is 5.91 Å². The standard InChI is InChI=1S/C20H17Br2NO3/c1-2-25-19-9-5-14(11-17(19)22)20(24)23-12-16-8-10-18(26-16)13-3-6-15(21)7-4-13/h3-11H,2,12H2,1H3,(H,23,24). The topological polar surface area (TPSA) is 51.5 Å². The highest BCUT2D eigenvalue weighted by molar-refractivity contribution is 9.10. The van der Waals surface area contributed by atoms with Crippen LogP contribution in [-0.4, -0.2) is 12.5 Å². The number of carbonyl (C=O) groups is 1. The number of halogens is 2. The van der Waals surface area contributed by atoms with E-state index in [1.807, 2.05) is 43.3 Å². The van der Waals surface area contributed by atoms with Gasteiger partial charge in [0.05, 0.1) is 17.6 Å². The summed E-state index contributed by atoms with van der Waals surface area (Å²) in [6.45, 7) is 2.81. The highest BCUT2D eigenvalue weighted by atomic mass is 79.9. The number of rotatable bonds is 6. The van der Waals surface area contributed by atoms with Crippen molar-refractivity contribution in [3.63, 3.8) is 0 Å². The molecule has 0 atom stereocenters. The van der Waals surface area contributed by atoms with E-state index < -0.39 is 0 Å². The molecule has 134 valence electrons. The smallest absolute Gasteiger partial charge is 0.251 e. The maximum absolute atomic E-state index is 12.3. The number of carbonyl (C=O) groups excluding carboxylic acids is 1. The maximum Gasteiger partial charge on any atom is 0.251 e. The van der Waals surface area contributed by atoms with Crippen LogP contribution in [0.15, 0.2) is 68.0 Å². The molecular formula is C20H17Br2NO3. The second kappa shape index (κ2) is 8.56. The Morgan fingerprint density at radius 1 is 1.08 bits per heavy atom. The Morgan fingerprint density at radius 2 is 1.85 bits per heavy atom. The Morgan fingerprint density at radius 3 is 2.54 bits per heavy atom. The van der Waals surface area contributed by atoms with Gasteiger partial charge in [-0.25, -0.2) is 0 Å². The van der Waals surface area contributed by atoms with Crippen molar-refractivity contribution in [3.8, 4) is 17.1 Å². The van der Waals surface area contributed by atoms with Crippen molar-refractivity contribution in [2.75, 3.05) is 6.61 Å². The fourth-order valence-corrected chi connectivity index (χ4v) is 3.18. The summed E-state index contributed by atoms with van der Waals surface area (Å²) in [4.78, 5) is 12.3. The van der Waals surface area contributed by atoms with Crippen molar-refractivity contribution >= 4 is 37.8 Å². The minimum absolute atomic E-state index is 0.171. The fraction of sp³-hybridized carbons (Fsp3) is 0.150. The predicted octanol–water partition coefficient (Wildman–Crippen LogP) is 5.80. The van der Waals surface area contributed by atoms with Gasteiger partial charge in [0.1, 0.15) is 17.3 Å². The molecule has 0 saturated heterocycles. The van der Waals surface area contributed by atoms with Crippen LogP contribution in [0.25, 0.3) is 11.3 Å². The van der Waals surface area contributed by atoms with Crippen LogP contribution in [0, 0.1) is 0 Å². The van der Waals surface area contributed by atoms with E-state index in [9.17, 15) is 4.79 Å². The monoisotopic (exact) mass is 477 g/mol. The van der Waals surface area contributed by atoms with E-state index in [0.29, 0.717) is 30.2 Å². The first-order chi connectivity index (χ1) is 12.6. The number of benzene rings is 2. The third-order valence-corrected chi connectivity index (χ3v) is 4.86. The Balaban J connectivity index is 1.63. The van der Waals surface area contributed by atoms with E-state index in [1.54, 1.807) is 18.2 Å². The fourth-order valence-electron chi connectivity index (χ4n) is 2.43. The number of nitrogens with one attached hydrogen (secondary N) is 1. The van der Waals surface area contributed by atoms with Crippen LogP contribution in [0.4, 0.5) is 0 Å². The normalized spacial score (nSPS) is 10.6. The van der Waals surface area contributed by atoms with Crippen molar-refractivity contribution in [2.24, 2.45) is 0 Å². The van der Waals surface area contributed by atoms with Crippen LogP contribution in [0.1, 0.15) is 23.0 Å². The molecule has 0 radical (unpaired) electrons. The molecule has 0 spiro atoms. The molecule has 0 unspecified atom stereocenters. The SMILES string of the molecule is CCOc1ccc(C(=O)NCc2ccc(-c3ccc(Br)cc3)o2)cc1Br. The highest BCUT2D eigenvalue weighted by Gasteiger charge is 2.11. The van der Waals surface area contributed by atoms with Crippen LogP contribution in [-0.2, 0) is 6.54 Å². The second-order valence-corrected chi connectivity index (χ2v) is 7.30. The van der Waals surface area contributed by atoms with E-state index in [2.05, 4.69) is 37.2 Å². The molecule has 3 rings (SSSR count). The number of amides is 1. The van der Waals surface area contributed by atoms with Gasteiger partial charge in [-0.3, -0.25) is 4.79 Å². The Bertz CT molecular complexity index is 904. The minimum Gasteiger partial charge on any atom is -0.493 e. The molecule has 0 aliphatic rings. The van der Waals surface area contributed by atoms with Gasteiger partial charge in [0.15, 0.2) is 0 Å². The molecular weight excluding hydrogens is 462 g/mol. The number of hydrogen-bond donors (Lipinski definition) is 1. The van der Waals surface area contributed by atoms with Gasteiger partial charge in [-0.15, -0.1) is 0 Å². The molecule has 0 fully saturated rings. The largest absolute Gasteiger partial charge is 0.493 e. The molecule has 0 aliphatic heterocycles. The Labute approximate surface area is 168 Å². The van der Waals surface area contributed by atoms with Crippen LogP contribution in [0.5, 0.6) is 5.75 Å². The zero-order valence-electron chi connectivity index (χ0n) is 14.1. The zero-order chi connectivity index (χ0) is 18.5. The first-order valence-electron chi connectivity index (χ1n) is 8.12. The molecule has 6 heteroatoms. The summed E-state index contributed by atoms with van der Waals surface area (Å²) in [5.41, 5.74) is 1.54. The molecule has 0 bridgehead atoms. The Hall–Kier alpha value is -2.05. The summed E-state index contributed by atoms with van der Waals surface area (Å²) < 4.78 is 13.0. The van der Waals surface area contributed by atoms with Gasteiger partial charge in [-0.2, -0.15) is 0 Å². The van der Waals surface area contributed by atoms with E-state index in [4.69, 9.17) is 9.15 Å². The van der Waals surface area contributed by atoms with Gasteiger partial charge < -0.3 is 14.5 Å². The number of ether oxygens (including phenoxy) is 1. The molecule has 1 aromatic heterocycles. The van der Waals surface area contributed by atoms with Gasteiger partial charge in [-0.05, 0) is 65.3 Å². The first kappa shape index (κ1) is 18.7. The third kappa shape index (κ3) is 4.56. The summed E-state index contributed by atoms with van der Waals surface area (Å²) in [5, 5.41) is 2.87. The second-order valence-electron chi connectivity index (χ2n) is 5.53. The lowest BCUT2D eigenvalue weighted by Crippen LogP contribution is -2.22. The van der Waals surface area contributed by atoms with Gasteiger partial charge >= 0.3 is 0 Å². The van der Waals surface area contributed by atoms with Crippen LogP contribution < -0.4 is 10.1 Å². The average Bonchev–Trinajstić information content (AvgIpc) is 3.11. The van der Waals surface area contributed by atoms with Crippen molar-refractivity contribution in [1.29, 1.82) is 0 Å². The van der Waals surface area contributed by atoms with Gasteiger partial charge in [0.2, 0.25) is 0 Å². The molecule has 4 nitrogen and oxygen atoms in total. The lowest BCUT2D eigenvalue weighted by atomic mass is 10.2. The van der Waals surface area contributed by atoms with Gasteiger partial charge in [-0.1, -0.05) is 28.1 Å². The van der Waals surface area contributed by atoms with Crippen molar-refractivity contribution in [2.45, 2.75) is 13.5 Å². The number of furan rings is 1. The molecule has 1 heterocycles. The summed E-state index contributed by atoms with van der Waals surface area (Å²) in [6, 6.07) is 16.9. The van der Waals surface area contributed by atoms with Crippen molar-refractivity contribution < 1.29 is 13.9 Å². The van der Waals surface area contributed by atoms with Crippen molar-refractivity contribution in [3.05, 3.63) is 74.9 Å². The summed E-state index contributed by atoms with van der Waals surface area (Å²) in [6.07, 6.45) is 0.